The Bertz CT molecular complexity index is 625. The van der Waals surface area contributed by atoms with Crippen LogP contribution in [-0.4, -0.2) is 23.7 Å². The van der Waals surface area contributed by atoms with E-state index in [1.807, 2.05) is 31.2 Å². The molecule has 2 rings (SSSR count). The van der Waals surface area contributed by atoms with Crippen LogP contribution in [0.15, 0.2) is 44.5 Å². The summed E-state index contributed by atoms with van der Waals surface area (Å²) in [5, 5.41) is 3.83. The number of aromatic nitrogens is 1. The van der Waals surface area contributed by atoms with Gasteiger partial charge < -0.3 is 9.15 Å². The van der Waals surface area contributed by atoms with Gasteiger partial charge in [0, 0.05) is 4.47 Å². The lowest BCUT2D eigenvalue weighted by Crippen LogP contribution is -2.17. The fraction of sp³-hybridized carbons (Fsp3) is 0.154. The van der Waals surface area contributed by atoms with Gasteiger partial charge in [-0.25, -0.2) is 10.4 Å². The second kappa shape index (κ2) is 6.85. The third-order valence-corrected chi connectivity index (χ3v) is 2.69. The van der Waals surface area contributed by atoms with E-state index in [0.717, 1.165) is 10.0 Å². The Morgan fingerprint density at radius 1 is 1.60 bits per heavy atom. The zero-order valence-corrected chi connectivity index (χ0v) is 12.3. The maximum Gasteiger partial charge on any atom is 0.327 e. The molecule has 1 aromatic heterocycles. The maximum absolute atomic E-state index is 11.7. The summed E-state index contributed by atoms with van der Waals surface area (Å²) in [5.41, 5.74) is 3.17. The molecule has 0 radical (unpaired) electrons. The molecule has 7 heteroatoms. The smallest absolute Gasteiger partial charge is 0.327 e. The molecule has 0 aliphatic carbocycles. The molecule has 0 bridgehead atoms. The Balaban J connectivity index is 1.94. The molecule has 1 aromatic carbocycles. The zero-order chi connectivity index (χ0) is 14.4. The number of rotatable bonds is 5. The lowest BCUT2D eigenvalue weighted by atomic mass is 10.2. The number of carbonyl (C=O) groups excluding carboxylic acids is 1. The number of carbonyl (C=O) groups is 1. The molecule has 0 unspecified atom stereocenters. The minimum atomic E-state index is -0.540. The van der Waals surface area contributed by atoms with Crippen molar-refractivity contribution in [3.8, 4) is 5.95 Å². The van der Waals surface area contributed by atoms with E-state index in [9.17, 15) is 4.79 Å². The molecule has 104 valence electrons. The van der Waals surface area contributed by atoms with Crippen molar-refractivity contribution >= 4 is 28.1 Å². The molecular weight excluding hydrogens is 326 g/mol. The molecule has 0 saturated carbocycles. The van der Waals surface area contributed by atoms with Gasteiger partial charge in [0.1, 0.15) is 6.20 Å². The van der Waals surface area contributed by atoms with Crippen molar-refractivity contribution in [1.82, 2.24) is 10.4 Å². The summed E-state index contributed by atoms with van der Waals surface area (Å²) < 4.78 is 11.1. The first kappa shape index (κ1) is 14.3. The minimum Gasteiger partial charge on any atom is -0.464 e. The first-order chi connectivity index (χ1) is 9.69. The number of amides is 1. The fourth-order valence-corrected chi connectivity index (χ4v) is 1.79. The van der Waals surface area contributed by atoms with Gasteiger partial charge in [-0.3, -0.25) is 4.79 Å². The van der Waals surface area contributed by atoms with Gasteiger partial charge in [-0.2, -0.15) is 5.10 Å². The van der Waals surface area contributed by atoms with Crippen LogP contribution < -0.4 is 10.2 Å². The number of hydrazone groups is 1. The van der Waals surface area contributed by atoms with Gasteiger partial charge in [-0.15, -0.1) is 0 Å². The second-order valence-corrected chi connectivity index (χ2v) is 4.59. The highest BCUT2D eigenvalue weighted by Gasteiger charge is 2.12. The molecule has 1 heterocycles. The van der Waals surface area contributed by atoms with E-state index in [2.05, 4.69) is 31.4 Å². The van der Waals surface area contributed by atoms with E-state index >= 15 is 0 Å². The minimum absolute atomic E-state index is 0.0974. The molecule has 0 fully saturated rings. The van der Waals surface area contributed by atoms with Crippen molar-refractivity contribution in [3.05, 3.63) is 46.4 Å². The van der Waals surface area contributed by atoms with Crippen molar-refractivity contribution in [1.29, 1.82) is 0 Å². The molecule has 20 heavy (non-hydrogen) atoms. The number of halogens is 1. The predicted octanol–water partition coefficient (Wildman–Crippen LogP) is 2.60. The highest BCUT2D eigenvalue weighted by molar-refractivity contribution is 9.10. The quantitative estimate of drug-likeness (QED) is 0.672. The Labute approximate surface area is 124 Å². The standard InChI is InChI=1S/C13H12BrN3O3/c1-2-19-11-8-15-13(20-11)12(18)17-16-7-9-4-3-5-10(14)6-9/h3-8H,2H2,1H3,(H,17,18)/b16-7+. The van der Waals surface area contributed by atoms with Gasteiger partial charge >= 0.3 is 11.9 Å². The van der Waals surface area contributed by atoms with Crippen molar-refractivity contribution in [2.24, 2.45) is 5.10 Å². The van der Waals surface area contributed by atoms with Crippen molar-refractivity contribution in [2.75, 3.05) is 6.61 Å². The van der Waals surface area contributed by atoms with Crippen LogP contribution in [0, 0.1) is 0 Å². The van der Waals surface area contributed by atoms with Gasteiger partial charge in [-0.1, -0.05) is 28.1 Å². The van der Waals surface area contributed by atoms with Gasteiger partial charge in [0.05, 0.1) is 12.8 Å². The summed E-state index contributed by atoms with van der Waals surface area (Å²) in [7, 11) is 0. The van der Waals surface area contributed by atoms with Crippen molar-refractivity contribution in [2.45, 2.75) is 6.92 Å². The van der Waals surface area contributed by atoms with Gasteiger partial charge in [0.25, 0.3) is 5.89 Å². The molecule has 0 aliphatic heterocycles. The second-order valence-electron chi connectivity index (χ2n) is 3.67. The van der Waals surface area contributed by atoms with E-state index in [-0.39, 0.29) is 11.8 Å². The van der Waals surface area contributed by atoms with E-state index in [4.69, 9.17) is 9.15 Å². The lowest BCUT2D eigenvalue weighted by Gasteiger charge is -1.96. The summed E-state index contributed by atoms with van der Waals surface area (Å²) in [6.45, 7) is 2.25. The lowest BCUT2D eigenvalue weighted by molar-refractivity contribution is 0.0912. The summed E-state index contributed by atoms with van der Waals surface area (Å²) in [6, 6.07) is 7.50. The van der Waals surface area contributed by atoms with Crippen LogP contribution in [0.5, 0.6) is 5.95 Å². The average Bonchev–Trinajstić information content (AvgIpc) is 2.88. The number of oxazole rings is 1. The predicted molar refractivity (Wildman–Crippen MR) is 76.9 cm³/mol. The topological polar surface area (TPSA) is 76.7 Å². The molecule has 6 nitrogen and oxygen atoms in total. The van der Waals surface area contributed by atoms with E-state index < -0.39 is 5.91 Å². The van der Waals surface area contributed by atoms with Crippen molar-refractivity contribution < 1.29 is 13.9 Å². The van der Waals surface area contributed by atoms with Crippen LogP contribution in [-0.2, 0) is 0 Å². The van der Waals surface area contributed by atoms with Crippen LogP contribution in [0.3, 0.4) is 0 Å². The largest absolute Gasteiger partial charge is 0.464 e. The Hall–Kier alpha value is -2.15. The van der Waals surface area contributed by atoms with Crippen LogP contribution in [0.4, 0.5) is 0 Å². The van der Waals surface area contributed by atoms with Crippen LogP contribution in [0.25, 0.3) is 0 Å². The number of nitrogens with one attached hydrogen (secondary N) is 1. The van der Waals surface area contributed by atoms with Crippen molar-refractivity contribution in [3.63, 3.8) is 0 Å². The molecule has 1 N–H and O–H groups in total. The Kier molecular flexibility index (Phi) is 4.89. The van der Waals surface area contributed by atoms with E-state index in [1.54, 1.807) is 0 Å². The summed E-state index contributed by atoms with van der Waals surface area (Å²) in [4.78, 5) is 15.5. The number of hydrogen-bond acceptors (Lipinski definition) is 5. The number of benzene rings is 1. The molecule has 1 amide bonds. The average molecular weight is 338 g/mol. The first-order valence-corrected chi connectivity index (χ1v) is 6.66. The molecule has 0 spiro atoms. The zero-order valence-electron chi connectivity index (χ0n) is 10.7. The number of ether oxygens (including phenoxy) is 1. The Morgan fingerprint density at radius 3 is 3.20 bits per heavy atom. The van der Waals surface area contributed by atoms with Gasteiger partial charge in [0.2, 0.25) is 0 Å². The highest BCUT2D eigenvalue weighted by atomic mass is 79.9. The third kappa shape index (κ3) is 3.92. The SMILES string of the molecule is CCOc1cnc(C(=O)N/N=C/c2cccc(Br)c2)o1. The fourth-order valence-electron chi connectivity index (χ4n) is 1.37. The Morgan fingerprint density at radius 2 is 2.45 bits per heavy atom. The molecular formula is C13H12BrN3O3. The molecule has 0 aliphatic rings. The number of hydrogen-bond donors (Lipinski definition) is 1. The number of nitrogens with zero attached hydrogens (tertiary/aromatic N) is 2. The van der Waals surface area contributed by atoms with Gasteiger partial charge in [0.15, 0.2) is 0 Å². The van der Waals surface area contributed by atoms with Crippen LogP contribution in [0.1, 0.15) is 23.2 Å². The maximum atomic E-state index is 11.7. The molecule has 0 atom stereocenters. The van der Waals surface area contributed by atoms with Crippen LogP contribution in [0.2, 0.25) is 0 Å². The molecule has 2 aromatic rings. The highest BCUT2D eigenvalue weighted by Crippen LogP contribution is 2.12. The third-order valence-electron chi connectivity index (χ3n) is 2.19. The summed E-state index contributed by atoms with van der Waals surface area (Å²) in [6.07, 6.45) is 2.87. The molecule has 0 saturated heterocycles. The monoisotopic (exact) mass is 337 g/mol. The van der Waals surface area contributed by atoms with Gasteiger partial charge in [-0.05, 0) is 24.6 Å². The summed E-state index contributed by atoms with van der Waals surface area (Å²) >= 11 is 3.35. The van der Waals surface area contributed by atoms with E-state index in [1.165, 1.54) is 12.4 Å². The van der Waals surface area contributed by atoms with Crippen LogP contribution >= 0.6 is 15.9 Å². The van der Waals surface area contributed by atoms with E-state index in [0.29, 0.717) is 6.61 Å². The first-order valence-electron chi connectivity index (χ1n) is 5.86. The normalized spacial score (nSPS) is 10.7. The summed E-state index contributed by atoms with van der Waals surface area (Å²) in [5.74, 6) is -0.435.